The first-order valence-corrected chi connectivity index (χ1v) is 7.51. The summed E-state index contributed by atoms with van der Waals surface area (Å²) in [5.74, 6) is -1.34. The number of rotatable bonds is 6. The van der Waals surface area contributed by atoms with Gasteiger partial charge < -0.3 is 15.3 Å². The first-order valence-electron chi connectivity index (χ1n) is 7.51. The summed E-state index contributed by atoms with van der Waals surface area (Å²) in [7, 11) is 0. The van der Waals surface area contributed by atoms with E-state index in [0.29, 0.717) is 18.7 Å². The smallest absolute Gasteiger partial charge is 0.313 e. The first kappa shape index (κ1) is 16.7. The summed E-state index contributed by atoms with van der Waals surface area (Å²) in [5, 5.41) is 11.7. The number of carbonyl (C=O) groups excluding carboxylic acids is 2. The number of hydrogen-bond donors (Lipinski definition) is 2. The van der Waals surface area contributed by atoms with Crippen LogP contribution in [0, 0.1) is 0 Å². The Bertz CT molecular complexity index is 629. The Morgan fingerprint density at radius 2 is 1.52 bits per heavy atom. The van der Waals surface area contributed by atoms with Gasteiger partial charge in [-0.3, -0.25) is 9.59 Å². The van der Waals surface area contributed by atoms with Gasteiger partial charge in [-0.2, -0.15) is 0 Å². The highest BCUT2D eigenvalue weighted by atomic mass is 16.3. The number of benzene rings is 2. The zero-order valence-electron chi connectivity index (χ0n) is 12.8. The number of carbonyl (C=O) groups is 2. The highest BCUT2D eigenvalue weighted by Gasteiger charge is 2.21. The molecule has 2 rings (SSSR count). The third-order valence-electron chi connectivity index (χ3n) is 3.40. The van der Waals surface area contributed by atoms with Crippen molar-refractivity contribution < 1.29 is 14.7 Å². The summed E-state index contributed by atoms with van der Waals surface area (Å²) in [4.78, 5) is 25.7. The van der Waals surface area contributed by atoms with Gasteiger partial charge in [0.15, 0.2) is 0 Å². The predicted molar refractivity (Wildman–Crippen MR) is 88.9 cm³/mol. The van der Waals surface area contributed by atoms with Gasteiger partial charge in [0.1, 0.15) is 0 Å². The van der Waals surface area contributed by atoms with Gasteiger partial charge in [-0.05, 0) is 24.1 Å². The molecule has 0 saturated heterocycles. The second kappa shape index (κ2) is 8.70. The minimum atomic E-state index is -0.697. The van der Waals surface area contributed by atoms with Crippen molar-refractivity contribution in [1.29, 1.82) is 0 Å². The molecule has 23 heavy (non-hydrogen) atoms. The SMILES string of the molecule is O=C(Nc1ccccc1)C(=O)N(CCO)CCc1ccccc1. The number of aliphatic hydroxyl groups is 1. The van der Waals surface area contributed by atoms with Crippen LogP contribution in [0.15, 0.2) is 60.7 Å². The lowest BCUT2D eigenvalue weighted by atomic mass is 10.1. The maximum absolute atomic E-state index is 12.3. The predicted octanol–water partition coefficient (Wildman–Crippen LogP) is 1.69. The summed E-state index contributed by atoms with van der Waals surface area (Å²) in [6.45, 7) is 0.332. The van der Waals surface area contributed by atoms with Gasteiger partial charge >= 0.3 is 11.8 Å². The summed E-state index contributed by atoms with van der Waals surface area (Å²) < 4.78 is 0. The number of aliphatic hydroxyl groups excluding tert-OH is 1. The van der Waals surface area contributed by atoms with Crippen LogP contribution in [-0.4, -0.2) is 41.5 Å². The van der Waals surface area contributed by atoms with E-state index in [9.17, 15) is 9.59 Å². The van der Waals surface area contributed by atoms with Crippen molar-refractivity contribution in [3.05, 3.63) is 66.2 Å². The minimum absolute atomic E-state index is 0.133. The van der Waals surface area contributed by atoms with Crippen LogP contribution in [0.25, 0.3) is 0 Å². The Morgan fingerprint density at radius 1 is 0.913 bits per heavy atom. The third-order valence-corrected chi connectivity index (χ3v) is 3.40. The monoisotopic (exact) mass is 312 g/mol. The second-order valence-corrected chi connectivity index (χ2v) is 5.07. The Hall–Kier alpha value is -2.66. The van der Waals surface area contributed by atoms with Gasteiger partial charge in [0.25, 0.3) is 0 Å². The molecule has 0 atom stereocenters. The van der Waals surface area contributed by atoms with Crippen LogP contribution < -0.4 is 5.32 Å². The van der Waals surface area contributed by atoms with E-state index >= 15 is 0 Å². The molecule has 0 aliphatic heterocycles. The van der Waals surface area contributed by atoms with E-state index in [1.54, 1.807) is 24.3 Å². The Balaban J connectivity index is 1.95. The van der Waals surface area contributed by atoms with Gasteiger partial charge in [0.2, 0.25) is 0 Å². The minimum Gasteiger partial charge on any atom is -0.395 e. The molecular weight excluding hydrogens is 292 g/mol. The Kier molecular flexibility index (Phi) is 6.32. The number of anilines is 1. The molecule has 2 aromatic rings. The fraction of sp³-hybridized carbons (Fsp3) is 0.222. The van der Waals surface area contributed by atoms with Crippen LogP contribution in [0.4, 0.5) is 5.69 Å². The molecule has 2 N–H and O–H groups in total. The lowest BCUT2D eigenvalue weighted by Crippen LogP contribution is -2.42. The van der Waals surface area contributed by atoms with Crippen LogP contribution in [0.2, 0.25) is 0 Å². The van der Waals surface area contributed by atoms with E-state index < -0.39 is 11.8 Å². The van der Waals surface area contributed by atoms with Gasteiger partial charge in [0.05, 0.1) is 6.61 Å². The van der Waals surface area contributed by atoms with E-state index in [0.717, 1.165) is 5.56 Å². The molecule has 0 bridgehead atoms. The van der Waals surface area contributed by atoms with Crippen LogP contribution in [0.3, 0.4) is 0 Å². The topological polar surface area (TPSA) is 69.6 Å². The van der Waals surface area contributed by atoms with Gasteiger partial charge in [-0.15, -0.1) is 0 Å². The maximum atomic E-state index is 12.3. The van der Waals surface area contributed by atoms with Crippen molar-refractivity contribution in [3.63, 3.8) is 0 Å². The average molecular weight is 312 g/mol. The summed E-state index contributed by atoms with van der Waals surface area (Å²) in [5.41, 5.74) is 1.64. The van der Waals surface area contributed by atoms with E-state index in [2.05, 4.69) is 5.32 Å². The highest BCUT2D eigenvalue weighted by Crippen LogP contribution is 2.06. The molecule has 0 aliphatic rings. The molecule has 0 heterocycles. The van der Waals surface area contributed by atoms with E-state index in [4.69, 9.17) is 5.11 Å². The van der Waals surface area contributed by atoms with Crippen LogP contribution in [0.1, 0.15) is 5.56 Å². The number of hydrogen-bond acceptors (Lipinski definition) is 3. The molecule has 0 spiro atoms. The second-order valence-electron chi connectivity index (χ2n) is 5.07. The zero-order chi connectivity index (χ0) is 16.5. The fourth-order valence-corrected chi connectivity index (χ4v) is 2.19. The van der Waals surface area contributed by atoms with Gasteiger partial charge in [-0.1, -0.05) is 48.5 Å². The maximum Gasteiger partial charge on any atom is 0.313 e. The van der Waals surface area contributed by atoms with Crippen LogP contribution >= 0.6 is 0 Å². The van der Waals surface area contributed by atoms with Crippen molar-refractivity contribution in [1.82, 2.24) is 4.90 Å². The fourth-order valence-electron chi connectivity index (χ4n) is 2.19. The van der Waals surface area contributed by atoms with Crippen molar-refractivity contribution >= 4 is 17.5 Å². The molecule has 0 aromatic heterocycles. The molecule has 0 fully saturated rings. The van der Waals surface area contributed by atoms with E-state index in [-0.39, 0.29) is 13.2 Å². The van der Waals surface area contributed by atoms with Crippen molar-refractivity contribution in [2.75, 3.05) is 25.0 Å². The molecule has 0 unspecified atom stereocenters. The number of amides is 2. The molecule has 5 heteroatoms. The standard InChI is InChI=1S/C18H20N2O3/c21-14-13-20(12-11-15-7-3-1-4-8-15)18(23)17(22)19-16-9-5-2-6-10-16/h1-10,21H,11-14H2,(H,19,22). The zero-order valence-corrected chi connectivity index (χ0v) is 12.8. The molecule has 5 nitrogen and oxygen atoms in total. The third kappa shape index (κ3) is 5.23. The molecule has 120 valence electrons. The first-order chi connectivity index (χ1) is 11.2. The number of nitrogens with one attached hydrogen (secondary N) is 1. The molecule has 0 radical (unpaired) electrons. The molecule has 2 aromatic carbocycles. The molecular formula is C18H20N2O3. The van der Waals surface area contributed by atoms with Gasteiger partial charge in [-0.25, -0.2) is 0 Å². The van der Waals surface area contributed by atoms with Crippen LogP contribution in [0.5, 0.6) is 0 Å². The molecule has 2 amide bonds. The lowest BCUT2D eigenvalue weighted by molar-refractivity contribution is -0.143. The summed E-state index contributed by atoms with van der Waals surface area (Å²) in [6, 6.07) is 18.5. The van der Waals surface area contributed by atoms with Crippen molar-refractivity contribution in [2.45, 2.75) is 6.42 Å². The van der Waals surface area contributed by atoms with Crippen molar-refractivity contribution in [3.8, 4) is 0 Å². The van der Waals surface area contributed by atoms with Crippen LogP contribution in [-0.2, 0) is 16.0 Å². The Morgan fingerprint density at radius 3 is 2.13 bits per heavy atom. The molecule has 0 aliphatic carbocycles. The summed E-state index contributed by atoms with van der Waals surface area (Å²) >= 11 is 0. The van der Waals surface area contributed by atoms with E-state index in [1.165, 1.54) is 4.90 Å². The Labute approximate surface area is 135 Å². The average Bonchev–Trinajstić information content (AvgIpc) is 2.59. The number of nitrogens with zero attached hydrogens (tertiary/aromatic N) is 1. The number of para-hydroxylation sites is 1. The quantitative estimate of drug-likeness (QED) is 0.798. The largest absolute Gasteiger partial charge is 0.395 e. The van der Waals surface area contributed by atoms with E-state index in [1.807, 2.05) is 36.4 Å². The summed E-state index contributed by atoms with van der Waals surface area (Å²) in [6.07, 6.45) is 0.630. The highest BCUT2D eigenvalue weighted by molar-refractivity contribution is 6.39. The molecule has 0 saturated carbocycles. The van der Waals surface area contributed by atoms with Gasteiger partial charge in [0, 0.05) is 18.8 Å². The normalized spacial score (nSPS) is 10.1. The van der Waals surface area contributed by atoms with Crippen molar-refractivity contribution in [2.24, 2.45) is 0 Å². The lowest BCUT2D eigenvalue weighted by Gasteiger charge is -2.21.